The molecule has 1 N–H and O–H groups in total. The first kappa shape index (κ1) is 14.2. The Labute approximate surface area is 118 Å². The minimum atomic E-state index is -0.319. The van der Waals surface area contributed by atoms with Gasteiger partial charge < -0.3 is 5.32 Å². The Morgan fingerprint density at radius 1 is 1.37 bits per heavy atom. The van der Waals surface area contributed by atoms with Gasteiger partial charge in [0, 0.05) is 24.1 Å². The van der Waals surface area contributed by atoms with E-state index in [9.17, 15) is 10.1 Å². The predicted octanol–water partition coefficient (Wildman–Crippen LogP) is 4.20. The largest absolute Gasteiger partial charge is 0.382 e. The minimum Gasteiger partial charge on any atom is -0.382 e. The molecular weight excluding hydrogens is 260 g/mol. The van der Waals surface area contributed by atoms with E-state index in [1.165, 1.54) is 32.1 Å². The number of nitro groups is 1. The average molecular weight is 280 g/mol. The number of benzene rings is 1. The molecule has 104 valence electrons. The molecule has 1 saturated carbocycles. The monoisotopic (exact) mass is 280 g/mol. The van der Waals surface area contributed by atoms with E-state index >= 15 is 0 Å². The van der Waals surface area contributed by atoms with E-state index in [0.29, 0.717) is 5.69 Å². The lowest BCUT2D eigenvalue weighted by molar-refractivity contribution is -0.384. The standard InChI is InChI=1S/C14H20N2O2S/c1-15-14-11(6-5-9-13(14)16(17)18)10-19-12-7-3-2-4-8-12/h5-6,9,12,15H,2-4,7-8,10H2,1H3. The SMILES string of the molecule is CNc1c(CSC2CCCCC2)cccc1[N+](=O)[O-]. The highest BCUT2D eigenvalue weighted by atomic mass is 32.2. The maximum absolute atomic E-state index is 11.0. The molecule has 0 amide bonds. The van der Waals surface area contributed by atoms with E-state index in [4.69, 9.17) is 0 Å². The van der Waals surface area contributed by atoms with E-state index in [2.05, 4.69) is 5.32 Å². The molecule has 1 aliphatic rings. The second kappa shape index (κ2) is 6.80. The van der Waals surface area contributed by atoms with Crippen molar-refractivity contribution in [3.63, 3.8) is 0 Å². The molecule has 1 fully saturated rings. The third-order valence-electron chi connectivity index (χ3n) is 3.60. The second-order valence-electron chi connectivity index (χ2n) is 4.89. The maximum Gasteiger partial charge on any atom is 0.292 e. The summed E-state index contributed by atoms with van der Waals surface area (Å²) in [7, 11) is 1.75. The molecule has 2 rings (SSSR count). The molecule has 1 aromatic carbocycles. The lowest BCUT2D eigenvalue weighted by atomic mass is 10.0. The lowest BCUT2D eigenvalue weighted by Gasteiger charge is -2.21. The van der Waals surface area contributed by atoms with Gasteiger partial charge in [-0.3, -0.25) is 10.1 Å². The van der Waals surface area contributed by atoms with Gasteiger partial charge in [-0.15, -0.1) is 0 Å². The van der Waals surface area contributed by atoms with Crippen molar-refractivity contribution in [3.8, 4) is 0 Å². The second-order valence-corrected chi connectivity index (χ2v) is 6.18. The van der Waals surface area contributed by atoms with Gasteiger partial charge in [0.2, 0.25) is 0 Å². The first-order valence-electron chi connectivity index (χ1n) is 6.78. The molecule has 0 aliphatic heterocycles. The van der Waals surface area contributed by atoms with Crippen LogP contribution in [-0.4, -0.2) is 17.2 Å². The van der Waals surface area contributed by atoms with E-state index in [0.717, 1.165) is 16.6 Å². The summed E-state index contributed by atoms with van der Waals surface area (Å²) in [5, 5.41) is 14.7. The van der Waals surface area contributed by atoms with Crippen LogP contribution in [0.4, 0.5) is 11.4 Å². The van der Waals surface area contributed by atoms with E-state index < -0.39 is 0 Å². The molecule has 0 atom stereocenters. The van der Waals surface area contributed by atoms with Crippen LogP contribution in [0.3, 0.4) is 0 Å². The minimum absolute atomic E-state index is 0.171. The van der Waals surface area contributed by atoms with Crippen LogP contribution in [-0.2, 0) is 5.75 Å². The summed E-state index contributed by atoms with van der Waals surface area (Å²) >= 11 is 1.94. The number of nitro benzene ring substituents is 1. The maximum atomic E-state index is 11.0. The molecule has 19 heavy (non-hydrogen) atoms. The van der Waals surface area contributed by atoms with Crippen molar-refractivity contribution in [3.05, 3.63) is 33.9 Å². The fourth-order valence-corrected chi connectivity index (χ4v) is 3.91. The number of nitrogens with zero attached hydrogens (tertiary/aromatic N) is 1. The van der Waals surface area contributed by atoms with Crippen LogP contribution in [0.15, 0.2) is 18.2 Å². The van der Waals surface area contributed by atoms with Crippen molar-refractivity contribution in [2.45, 2.75) is 43.1 Å². The van der Waals surface area contributed by atoms with Gasteiger partial charge in [0.15, 0.2) is 0 Å². The predicted molar refractivity (Wildman–Crippen MR) is 80.8 cm³/mol. The first-order valence-corrected chi connectivity index (χ1v) is 7.83. The van der Waals surface area contributed by atoms with Crippen molar-refractivity contribution >= 4 is 23.1 Å². The lowest BCUT2D eigenvalue weighted by Crippen LogP contribution is -2.08. The number of anilines is 1. The molecule has 4 nitrogen and oxygen atoms in total. The zero-order valence-corrected chi connectivity index (χ0v) is 12.0. The number of hydrogen-bond donors (Lipinski definition) is 1. The van der Waals surface area contributed by atoms with Crippen LogP contribution in [0, 0.1) is 10.1 Å². The molecule has 0 aromatic heterocycles. The Balaban J connectivity index is 2.06. The molecule has 0 radical (unpaired) electrons. The van der Waals surface area contributed by atoms with Crippen LogP contribution in [0.2, 0.25) is 0 Å². The Bertz CT molecular complexity index is 445. The summed E-state index contributed by atoms with van der Waals surface area (Å²) in [5.41, 5.74) is 1.87. The van der Waals surface area contributed by atoms with Gasteiger partial charge >= 0.3 is 0 Å². The average Bonchev–Trinajstić information content (AvgIpc) is 2.45. The van der Waals surface area contributed by atoms with E-state index in [-0.39, 0.29) is 10.6 Å². The van der Waals surface area contributed by atoms with Crippen molar-refractivity contribution in [1.29, 1.82) is 0 Å². The Morgan fingerprint density at radius 2 is 2.11 bits per heavy atom. The summed E-state index contributed by atoms with van der Waals surface area (Å²) in [6.07, 6.45) is 6.58. The van der Waals surface area contributed by atoms with Gasteiger partial charge in [0.25, 0.3) is 5.69 Å². The fraction of sp³-hybridized carbons (Fsp3) is 0.571. The Hall–Kier alpha value is -1.23. The normalized spacial score (nSPS) is 16.3. The highest BCUT2D eigenvalue weighted by molar-refractivity contribution is 7.99. The summed E-state index contributed by atoms with van der Waals surface area (Å²) in [6, 6.07) is 5.31. The summed E-state index contributed by atoms with van der Waals surface area (Å²) in [4.78, 5) is 10.7. The summed E-state index contributed by atoms with van der Waals surface area (Å²) in [6.45, 7) is 0. The number of para-hydroxylation sites is 1. The smallest absolute Gasteiger partial charge is 0.292 e. The van der Waals surface area contributed by atoms with Crippen LogP contribution in [0.1, 0.15) is 37.7 Å². The molecule has 1 aliphatic carbocycles. The molecule has 0 bridgehead atoms. The molecule has 0 saturated heterocycles. The van der Waals surface area contributed by atoms with Crippen LogP contribution >= 0.6 is 11.8 Å². The molecular formula is C14H20N2O2S. The van der Waals surface area contributed by atoms with Gasteiger partial charge in [-0.1, -0.05) is 31.4 Å². The van der Waals surface area contributed by atoms with Crippen molar-refractivity contribution in [2.24, 2.45) is 0 Å². The Morgan fingerprint density at radius 3 is 2.74 bits per heavy atom. The quantitative estimate of drug-likeness (QED) is 0.648. The topological polar surface area (TPSA) is 55.2 Å². The molecule has 0 spiro atoms. The van der Waals surface area contributed by atoms with Gasteiger partial charge in [0.1, 0.15) is 5.69 Å². The zero-order chi connectivity index (χ0) is 13.7. The van der Waals surface area contributed by atoms with Crippen molar-refractivity contribution in [1.82, 2.24) is 0 Å². The van der Waals surface area contributed by atoms with Gasteiger partial charge in [0.05, 0.1) is 4.92 Å². The highest BCUT2D eigenvalue weighted by Gasteiger charge is 2.18. The number of rotatable bonds is 5. The van der Waals surface area contributed by atoms with Crippen molar-refractivity contribution in [2.75, 3.05) is 12.4 Å². The van der Waals surface area contributed by atoms with Gasteiger partial charge in [-0.2, -0.15) is 11.8 Å². The first-order chi connectivity index (χ1) is 9.22. The van der Waals surface area contributed by atoms with Gasteiger partial charge in [-0.25, -0.2) is 0 Å². The molecule has 0 unspecified atom stereocenters. The number of thioether (sulfide) groups is 1. The number of hydrogen-bond acceptors (Lipinski definition) is 4. The molecule has 5 heteroatoms. The van der Waals surface area contributed by atoms with Crippen LogP contribution in [0.5, 0.6) is 0 Å². The summed E-state index contributed by atoms with van der Waals surface area (Å²) in [5.74, 6) is 0.850. The van der Waals surface area contributed by atoms with Gasteiger partial charge in [-0.05, 0) is 18.4 Å². The van der Waals surface area contributed by atoms with Crippen LogP contribution in [0.25, 0.3) is 0 Å². The summed E-state index contributed by atoms with van der Waals surface area (Å²) < 4.78 is 0. The van der Waals surface area contributed by atoms with Crippen molar-refractivity contribution < 1.29 is 4.92 Å². The third-order valence-corrected chi connectivity index (χ3v) is 5.02. The van der Waals surface area contributed by atoms with E-state index in [1.807, 2.05) is 17.8 Å². The van der Waals surface area contributed by atoms with E-state index in [1.54, 1.807) is 19.2 Å². The number of nitrogens with one attached hydrogen (secondary N) is 1. The third kappa shape index (κ3) is 3.62. The Kier molecular flexibility index (Phi) is 5.07. The highest BCUT2D eigenvalue weighted by Crippen LogP contribution is 2.35. The fourth-order valence-electron chi connectivity index (χ4n) is 2.59. The molecule has 1 aromatic rings. The van der Waals surface area contributed by atoms with Crippen LogP contribution < -0.4 is 5.32 Å². The zero-order valence-electron chi connectivity index (χ0n) is 11.2. The molecule has 0 heterocycles.